The zero-order valence-electron chi connectivity index (χ0n) is 16.3. The number of amides is 1. The average molecular weight is 408 g/mol. The molecule has 7 heteroatoms. The molecule has 0 fully saturated rings. The summed E-state index contributed by atoms with van der Waals surface area (Å²) in [5, 5.41) is 12.1. The lowest BCUT2D eigenvalue weighted by atomic mass is 9.92. The molecule has 0 aliphatic carbocycles. The van der Waals surface area contributed by atoms with Crippen LogP contribution in [0.3, 0.4) is 0 Å². The molecule has 3 rings (SSSR count). The Bertz CT molecular complexity index is 1010. The molecule has 3 aromatic rings. The highest BCUT2D eigenvalue weighted by molar-refractivity contribution is 5.84. The number of carbonyl (C=O) groups is 2. The normalized spacial score (nSPS) is 12.6. The van der Waals surface area contributed by atoms with E-state index in [2.05, 4.69) is 10.3 Å². The zero-order valence-corrected chi connectivity index (χ0v) is 16.3. The Morgan fingerprint density at radius 3 is 2.33 bits per heavy atom. The number of carboxylic acid groups (broad SMARTS) is 1. The predicted molar refractivity (Wildman–Crippen MR) is 109 cm³/mol. The second kappa shape index (κ2) is 9.17. The molecule has 0 saturated carbocycles. The van der Waals surface area contributed by atoms with Crippen LogP contribution in [0, 0.1) is 5.82 Å². The number of benzene rings is 2. The maximum Gasteiger partial charge on any atom is 0.408 e. The van der Waals surface area contributed by atoms with Crippen molar-refractivity contribution in [2.45, 2.75) is 25.5 Å². The highest BCUT2D eigenvalue weighted by Gasteiger charge is 2.35. The smallest absolute Gasteiger partial charge is 0.408 e. The van der Waals surface area contributed by atoms with E-state index in [0.717, 1.165) is 17.3 Å². The van der Waals surface area contributed by atoms with Crippen LogP contribution in [0.4, 0.5) is 9.18 Å². The molecule has 0 saturated heterocycles. The molecular formula is C23H21FN2O4. The first-order valence-electron chi connectivity index (χ1n) is 9.29. The Balaban J connectivity index is 1.65. The van der Waals surface area contributed by atoms with Gasteiger partial charge in [-0.1, -0.05) is 54.6 Å². The average Bonchev–Trinajstić information content (AvgIpc) is 2.74. The van der Waals surface area contributed by atoms with Gasteiger partial charge >= 0.3 is 12.1 Å². The van der Waals surface area contributed by atoms with Crippen LogP contribution in [0.1, 0.15) is 18.1 Å². The van der Waals surface area contributed by atoms with Gasteiger partial charge in [0.15, 0.2) is 0 Å². The summed E-state index contributed by atoms with van der Waals surface area (Å²) in [4.78, 5) is 28.0. The minimum Gasteiger partial charge on any atom is -0.480 e. The molecule has 0 aliphatic rings. The second-order valence-corrected chi connectivity index (χ2v) is 7.06. The van der Waals surface area contributed by atoms with E-state index in [9.17, 15) is 19.1 Å². The highest BCUT2D eigenvalue weighted by Crippen LogP contribution is 2.20. The summed E-state index contributed by atoms with van der Waals surface area (Å²) in [6.45, 7) is 1.47. The summed E-state index contributed by atoms with van der Waals surface area (Å²) in [5.41, 5.74) is 1.32. The predicted octanol–water partition coefficient (Wildman–Crippen LogP) is 4.20. The topological polar surface area (TPSA) is 88.5 Å². The van der Waals surface area contributed by atoms with Crippen molar-refractivity contribution in [3.05, 3.63) is 89.9 Å². The van der Waals surface area contributed by atoms with E-state index in [1.54, 1.807) is 42.5 Å². The first-order valence-corrected chi connectivity index (χ1v) is 9.29. The van der Waals surface area contributed by atoms with Crippen molar-refractivity contribution in [1.29, 1.82) is 0 Å². The van der Waals surface area contributed by atoms with Gasteiger partial charge in [-0.3, -0.25) is 4.98 Å². The summed E-state index contributed by atoms with van der Waals surface area (Å²) in [6, 6.07) is 19.0. The molecule has 0 aliphatic heterocycles. The number of hydrogen-bond donors (Lipinski definition) is 2. The second-order valence-electron chi connectivity index (χ2n) is 7.06. The van der Waals surface area contributed by atoms with Gasteiger partial charge in [0.25, 0.3) is 0 Å². The van der Waals surface area contributed by atoms with Crippen molar-refractivity contribution < 1.29 is 23.8 Å². The molecule has 1 aromatic heterocycles. The van der Waals surface area contributed by atoms with Crippen LogP contribution in [-0.2, 0) is 22.6 Å². The third-order valence-corrected chi connectivity index (χ3v) is 4.60. The lowest BCUT2D eigenvalue weighted by molar-refractivity contribution is -0.143. The van der Waals surface area contributed by atoms with Crippen LogP contribution >= 0.6 is 0 Å². The molecule has 0 bridgehead atoms. The molecule has 1 amide bonds. The number of nitrogens with zero attached hydrogens (tertiary/aromatic N) is 1. The van der Waals surface area contributed by atoms with E-state index in [4.69, 9.17) is 4.74 Å². The number of aromatic nitrogens is 1. The number of alkyl carbamates (subject to hydrolysis) is 1. The van der Waals surface area contributed by atoms with Crippen LogP contribution in [0.25, 0.3) is 11.3 Å². The van der Waals surface area contributed by atoms with Crippen molar-refractivity contribution in [3.63, 3.8) is 0 Å². The number of hydrogen-bond acceptors (Lipinski definition) is 4. The van der Waals surface area contributed by atoms with E-state index in [1.165, 1.54) is 13.0 Å². The van der Waals surface area contributed by atoms with Crippen LogP contribution in [0.2, 0.25) is 0 Å². The maximum atomic E-state index is 13.0. The first kappa shape index (κ1) is 21.0. The number of rotatable bonds is 7. The number of ether oxygens (including phenoxy) is 1. The quantitative estimate of drug-likeness (QED) is 0.612. The molecule has 1 atom stereocenters. The number of nitrogens with one attached hydrogen (secondary N) is 1. The standard InChI is InChI=1S/C23H21FN2O4/c1-23(21(27)28,26-22(29)30-15-17-5-3-2-4-6-17)13-16-7-9-18(10-8-16)20-12-11-19(24)14-25-20/h2-12,14H,13,15H2,1H3,(H,26,29)(H,27,28). The molecule has 0 spiro atoms. The lowest BCUT2D eigenvalue weighted by Crippen LogP contribution is -2.53. The number of halogens is 1. The van der Waals surface area contributed by atoms with Gasteiger partial charge in [0.05, 0.1) is 11.9 Å². The molecule has 0 radical (unpaired) electrons. The third kappa shape index (κ3) is 5.41. The molecule has 1 unspecified atom stereocenters. The molecule has 6 nitrogen and oxygen atoms in total. The van der Waals surface area contributed by atoms with Crippen molar-refractivity contribution in [2.75, 3.05) is 0 Å². The van der Waals surface area contributed by atoms with E-state index in [0.29, 0.717) is 11.3 Å². The summed E-state index contributed by atoms with van der Waals surface area (Å²) in [5.74, 6) is -1.60. The van der Waals surface area contributed by atoms with Crippen molar-refractivity contribution in [3.8, 4) is 11.3 Å². The van der Waals surface area contributed by atoms with E-state index >= 15 is 0 Å². The van der Waals surface area contributed by atoms with Crippen LogP contribution in [-0.4, -0.2) is 27.7 Å². The Kier molecular flexibility index (Phi) is 6.41. The fraction of sp³-hybridized carbons (Fsp3) is 0.174. The molecule has 2 N–H and O–H groups in total. The summed E-state index contributed by atoms with van der Waals surface area (Å²) in [6.07, 6.45) is 0.381. The largest absolute Gasteiger partial charge is 0.480 e. The fourth-order valence-electron chi connectivity index (χ4n) is 2.91. The summed E-state index contributed by atoms with van der Waals surface area (Å²) < 4.78 is 18.2. The Hall–Kier alpha value is -3.74. The van der Waals surface area contributed by atoms with E-state index in [1.807, 2.05) is 18.2 Å². The Labute approximate surface area is 173 Å². The third-order valence-electron chi connectivity index (χ3n) is 4.60. The SMILES string of the molecule is CC(Cc1ccc(-c2ccc(F)cn2)cc1)(NC(=O)OCc1ccccc1)C(=O)O. The number of aliphatic carboxylic acids is 1. The maximum absolute atomic E-state index is 13.0. The Morgan fingerprint density at radius 1 is 1.03 bits per heavy atom. The van der Waals surface area contributed by atoms with Crippen molar-refractivity contribution >= 4 is 12.1 Å². The highest BCUT2D eigenvalue weighted by atomic mass is 19.1. The van der Waals surface area contributed by atoms with E-state index in [-0.39, 0.29) is 13.0 Å². The first-order chi connectivity index (χ1) is 14.4. The van der Waals surface area contributed by atoms with Gasteiger partial charge in [0.1, 0.15) is 18.0 Å². The van der Waals surface area contributed by atoms with E-state index < -0.39 is 23.4 Å². The number of carboxylic acids is 1. The van der Waals surface area contributed by atoms with Gasteiger partial charge in [-0.2, -0.15) is 0 Å². The minimum atomic E-state index is -1.55. The molecule has 154 valence electrons. The van der Waals surface area contributed by atoms with Crippen LogP contribution in [0.15, 0.2) is 72.9 Å². The number of carbonyl (C=O) groups excluding carboxylic acids is 1. The minimum absolute atomic E-state index is 0.0434. The lowest BCUT2D eigenvalue weighted by Gasteiger charge is -2.26. The van der Waals surface area contributed by atoms with Gasteiger partial charge in [0.2, 0.25) is 0 Å². The van der Waals surface area contributed by atoms with Gasteiger partial charge < -0.3 is 15.2 Å². The molecule has 1 heterocycles. The van der Waals surface area contributed by atoms with Gasteiger partial charge in [-0.05, 0) is 30.2 Å². The fourth-order valence-corrected chi connectivity index (χ4v) is 2.91. The number of pyridine rings is 1. The van der Waals surface area contributed by atoms with Crippen LogP contribution in [0.5, 0.6) is 0 Å². The molecular weight excluding hydrogens is 387 g/mol. The Morgan fingerprint density at radius 2 is 1.73 bits per heavy atom. The van der Waals surface area contributed by atoms with Crippen LogP contribution < -0.4 is 5.32 Å². The van der Waals surface area contributed by atoms with Gasteiger partial charge in [-0.25, -0.2) is 14.0 Å². The zero-order chi connectivity index (χ0) is 21.6. The molecule has 2 aromatic carbocycles. The van der Waals surface area contributed by atoms with Gasteiger partial charge in [0, 0.05) is 12.0 Å². The summed E-state index contributed by atoms with van der Waals surface area (Å²) >= 11 is 0. The van der Waals surface area contributed by atoms with Gasteiger partial charge in [-0.15, -0.1) is 0 Å². The molecule has 30 heavy (non-hydrogen) atoms. The summed E-state index contributed by atoms with van der Waals surface area (Å²) in [7, 11) is 0. The van der Waals surface area contributed by atoms with Crippen molar-refractivity contribution in [1.82, 2.24) is 10.3 Å². The van der Waals surface area contributed by atoms with Crippen molar-refractivity contribution in [2.24, 2.45) is 0 Å². The monoisotopic (exact) mass is 408 g/mol.